The van der Waals surface area contributed by atoms with Crippen molar-refractivity contribution in [1.29, 1.82) is 0 Å². The van der Waals surface area contributed by atoms with Gasteiger partial charge >= 0.3 is 0 Å². The summed E-state index contributed by atoms with van der Waals surface area (Å²) in [7, 11) is 0. The zero-order valence-electron chi connectivity index (χ0n) is 18.8. The van der Waals surface area contributed by atoms with E-state index in [9.17, 15) is 4.79 Å². The van der Waals surface area contributed by atoms with Crippen LogP contribution in [0.25, 0.3) is 0 Å². The molecule has 4 atom stereocenters. The molecule has 2 fully saturated rings. The summed E-state index contributed by atoms with van der Waals surface area (Å²) in [6.45, 7) is 2.81. The van der Waals surface area contributed by atoms with E-state index >= 15 is 0 Å². The number of nitrogens with one attached hydrogen (secondary N) is 4. The molecule has 2 aromatic carbocycles. The minimum absolute atomic E-state index is 0.0134. The van der Waals surface area contributed by atoms with E-state index in [2.05, 4.69) is 52.5 Å². The number of thiocarbonyl (C=S) groups is 1. The molecule has 2 aromatic rings. The molecule has 0 radical (unpaired) electrons. The minimum atomic E-state index is -0.0134. The Morgan fingerprint density at radius 3 is 2.56 bits per heavy atom. The van der Waals surface area contributed by atoms with Crippen LogP contribution in [0.1, 0.15) is 60.5 Å². The first-order valence-electron chi connectivity index (χ1n) is 11.8. The molecule has 1 saturated carbocycles. The molecule has 1 amide bonds. The van der Waals surface area contributed by atoms with Crippen molar-refractivity contribution in [3.8, 4) is 0 Å². The van der Waals surface area contributed by atoms with Crippen LogP contribution in [0.3, 0.4) is 0 Å². The maximum atomic E-state index is 12.6. The van der Waals surface area contributed by atoms with Crippen LogP contribution in [-0.4, -0.2) is 29.3 Å². The molecule has 0 bridgehead atoms. The van der Waals surface area contributed by atoms with Crippen molar-refractivity contribution in [2.45, 2.75) is 70.2 Å². The van der Waals surface area contributed by atoms with Crippen molar-refractivity contribution in [2.24, 2.45) is 5.92 Å². The van der Waals surface area contributed by atoms with E-state index in [0.29, 0.717) is 17.5 Å². The van der Waals surface area contributed by atoms with Gasteiger partial charge in [-0.25, -0.2) is 0 Å². The maximum absolute atomic E-state index is 12.6. The van der Waals surface area contributed by atoms with Gasteiger partial charge in [0.05, 0.1) is 6.17 Å². The van der Waals surface area contributed by atoms with Crippen molar-refractivity contribution in [1.82, 2.24) is 21.3 Å². The molecule has 0 aromatic heterocycles. The zero-order chi connectivity index (χ0) is 22.3. The molecule has 170 valence electrons. The SMILES string of the molecule is CC(CCc1ccccc1)NC(=O)c1ccc(CNC2NC(=S)NC3CCCCC32)cc1. The number of carbonyl (C=O) groups is 1. The molecule has 1 saturated heterocycles. The summed E-state index contributed by atoms with van der Waals surface area (Å²) in [4.78, 5) is 12.6. The van der Waals surface area contributed by atoms with Gasteiger partial charge in [0.2, 0.25) is 0 Å². The highest BCUT2D eigenvalue weighted by Gasteiger charge is 2.36. The standard InChI is InChI=1S/C26H34N4OS/c1-18(11-12-19-7-3-2-4-8-19)28-25(31)21-15-13-20(14-16-21)17-27-24-22-9-5-6-10-23(22)29-26(32)30-24/h2-4,7-8,13-16,18,22-24,27H,5-6,9-12,17H2,1H3,(H,28,31)(H2,29,30,32). The molecule has 32 heavy (non-hydrogen) atoms. The van der Waals surface area contributed by atoms with E-state index < -0.39 is 0 Å². The van der Waals surface area contributed by atoms with Gasteiger partial charge in [0.15, 0.2) is 5.11 Å². The van der Waals surface area contributed by atoms with E-state index in [1.165, 1.54) is 31.2 Å². The van der Waals surface area contributed by atoms with Gasteiger partial charge in [0, 0.05) is 30.1 Å². The van der Waals surface area contributed by atoms with Crippen LogP contribution in [0.4, 0.5) is 0 Å². The maximum Gasteiger partial charge on any atom is 0.251 e. The summed E-state index contributed by atoms with van der Waals surface area (Å²) >= 11 is 5.40. The van der Waals surface area contributed by atoms with Gasteiger partial charge in [-0.05, 0) is 68.1 Å². The van der Waals surface area contributed by atoms with Crippen molar-refractivity contribution >= 4 is 23.2 Å². The van der Waals surface area contributed by atoms with Crippen LogP contribution in [0.15, 0.2) is 54.6 Å². The molecule has 0 spiro atoms. The highest BCUT2D eigenvalue weighted by Crippen LogP contribution is 2.28. The molecule has 5 nitrogen and oxygen atoms in total. The molecular formula is C26H34N4OS. The summed E-state index contributed by atoms with van der Waals surface area (Å²) in [5.74, 6) is 0.540. The van der Waals surface area contributed by atoms with E-state index in [1.807, 2.05) is 30.3 Å². The lowest BCUT2D eigenvalue weighted by Gasteiger charge is -2.43. The van der Waals surface area contributed by atoms with Gasteiger partial charge in [-0.1, -0.05) is 55.3 Å². The second-order valence-electron chi connectivity index (χ2n) is 9.13. The molecule has 1 aliphatic heterocycles. The smallest absolute Gasteiger partial charge is 0.251 e. The first-order valence-corrected chi connectivity index (χ1v) is 12.2. The molecule has 1 aliphatic carbocycles. The average Bonchev–Trinajstić information content (AvgIpc) is 2.82. The average molecular weight is 451 g/mol. The van der Waals surface area contributed by atoms with Crippen LogP contribution < -0.4 is 21.3 Å². The Labute approximate surface area is 196 Å². The molecular weight excluding hydrogens is 416 g/mol. The summed E-state index contributed by atoms with van der Waals surface area (Å²) in [5, 5.41) is 14.4. The zero-order valence-corrected chi connectivity index (χ0v) is 19.6. The van der Waals surface area contributed by atoms with E-state index in [1.54, 1.807) is 0 Å². The van der Waals surface area contributed by atoms with Crippen LogP contribution in [0.5, 0.6) is 0 Å². The first kappa shape index (κ1) is 22.7. The number of amides is 1. The summed E-state index contributed by atoms with van der Waals surface area (Å²) in [6.07, 6.45) is 7.04. The third-order valence-electron chi connectivity index (χ3n) is 6.68. The quantitative estimate of drug-likeness (QED) is 0.460. The fourth-order valence-corrected chi connectivity index (χ4v) is 5.09. The number of benzene rings is 2. The van der Waals surface area contributed by atoms with E-state index in [-0.39, 0.29) is 18.1 Å². The van der Waals surface area contributed by atoms with Crippen molar-refractivity contribution in [3.63, 3.8) is 0 Å². The molecule has 6 heteroatoms. The van der Waals surface area contributed by atoms with Gasteiger partial charge in [0.25, 0.3) is 5.91 Å². The van der Waals surface area contributed by atoms with Crippen molar-refractivity contribution < 1.29 is 4.79 Å². The third kappa shape index (κ3) is 6.08. The van der Waals surface area contributed by atoms with Crippen LogP contribution in [0, 0.1) is 5.92 Å². The number of aryl methyl sites for hydroxylation is 1. The Bertz CT molecular complexity index is 902. The van der Waals surface area contributed by atoms with Crippen molar-refractivity contribution in [3.05, 3.63) is 71.3 Å². The second-order valence-corrected chi connectivity index (χ2v) is 9.54. The lowest BCUT2D eigenvalue weighted by Crippen LogP contribution is -2.65. The monoisotopic (exact) mass is 450 g/mol. The number of hydrogen-bond donors (Lipinski definition) is 4. The lowest BCUT2D eigenvalue weighted by molar-refractivity contribution is 0.0938. The van der Waals surface area contributed by atoms with E-state index in [4.69, 9.17) is 12.2 Å². The van der Waals surface area contributed by atoms with Gasteiger partial charge < -0.3 is 16.0 Å². The summed E-state index contributed by atoms with van der Waals surface area (Å²) in [5.41, 5.74) is 3.17. The predicted octanol–water partition coefficient (Wildman–Crippen LogP) is 3.89. The van der Waals surface area contributed by atoms with Gasteiger partial charge in [-0.15, -0.1) is 0 Å². The molecule has 4 rings (SSSR count). The highest BCUT2D eigenvalue weighted by atomic mass is 32.1. The number of carbonyl (C=O) groups excluding carboxylic acids is 1. The summed E-state index contributed by atoms with van der Waals surface area (Å²) in [6, 6.07) is 18.9. The number of rotatable bonds is 8. The van der Waals surface area contributed by atoms with E-state index in [0.717, 1.165) is 30.1 Å². The fraction of sp³-hybridized carbons (Fsp3) is 0.462. The first-order chi connectivity index (χ1) is 15.6. The van der Waals surface area contributed by atoms with Gasteiger partial charge in [-0.2, -0.15) is 0 Å². The molecule has 2 aliphatic rings. The largest absolute Gasteiger partial charge is 0.360 e. The fourth-order valence-electron chi connectivity index (χ4n) is 4.81. The van der Waals surface area contributed by atoms with Gasteiger partial charge in [0.1, 0.15) is 0 Å². The summed E-state index contributed by atoms with van der Waals surface area (Å²) < 4.78 is 0. The van der Waals surface area contributed by atoms with Crippen LogP contribution in [0.2, 0.25) is 0 Å². The van der Waals surface area contributed by atoms with Crippen molar-refractivity contribution in [2.75, 3.05) is 0 Å². The number of fused-ring (bicyclic) bond motifs is 1. The normalized spacial score (nSPS) is 23.4. The Balaban J connectivity index is 1.25. The second kappa shape index (κ2) is 10.9. The van der Waals surface area contributed by atoms with Gasteiger partial charge in [-0.3, -0.25) is 10.1 Å². The van der Waals surface area contributed by atoms with Crippen LogP contribution in [-0.2, 0) is 13.0 Å². The predicted molar refractivity (Wildman–Crippen MR) is 133 cm³/mol. The van der Waals surface area contributed by atoms with Crippen LogP contribution >= 0.6 is 12.2 Å². The third-order valence-corrected chi connectivity index (χ3v) is 6.91. The Kier molecular flexibility index (Phi) is 7.76. The topological polar surface area (TPSA) is 65.2 Å². The Hall–Kier alpha value is -2.44. The Morgan fingerprint density at radius 1 is 1.03 bits per heavy atom. The molecule has 4 N–H and O–H groups in total. The number of hydrogen-bond acceptors (Lipinski definition) is 3. The lowest BCUT2D eigenvalue weighted by atomic mass is 9.81. The Morgan fingerprint density at radius 2 is 1.78 bits per heavy atom. The highest BCUT2D eigenvalue weighted by molar-refractivity contribution is 7.80. The molecule has 1 heterocycles. The molecule has 4 unspecified atom stereocenters. The minimum Gasteiger partial charge on any atom is -0.360 e.